The maximum Gasteiger partial charge on any atom is 0.341 e. The highest BCUT2D eigenvalue weighted by molar-refractivity contribution is 7.17. The molecule has 0 radical (unpaired) electrons. The van der Waals surface area contributed by atoms with E-state index in [-0.39, 0.29) is 11.9 Å². The number of nitrogens with one attached hydrogen (secondary N) is 1. The van der Waals surface area contributed by atoms with Gasteiger partial charge in [-0.05, 0) is 61.9 Å². The number of fused-ring (bicyclic) bond motifs is 1. The van der Waals surface area contributed by atoms with Crippen LogP contribution in [0.3, 0.4) is 0 Å². The highest BCUT2D eigenvalue weighted by atomic mass is 32.1. The number of hydrogen-bond acceptors (Lipinski definition) is 5. The molecule has 0 unspecified atom stereocenters. The third-order valence-corrected chi connectivity index (χ3v) is 5.58. The second kappa shape index (κ2) is 8.36. The standard InChI is InChI=1S/C20H23NO4S/c1-3-12-25-14-10-8-13(9-11-14)18(22)21-19-17(20(23)24-2)15-6-4-5-7-16(15)26-19/h8-11H,3-7,12H2,1-2H3,(H,21,22). The molecule has 1 aromatic carbocycles. The lowest BCUT2D eigenvalue weighted by Crippen LogP contribution is -2.15. The second-order valence-corrected chi connectivity index (χ2v) is 7.34. The van der Waals surface area contributed by atoms with E-state index < -0.39 is 0 Å². The van der Waals surface area contributed by atoms with Gasteiger partial charge in [0.2, 0.25) is 0 Å². The number of methoxy groups -OCH3 is 1. The minimum absolute atomic E-state index is 0.240. The van der Waals surface area contributed by atoms with Crippen molar-refractivity contribution in [3.05, 3.63) is 45.8 Å². The molecule has 0 fully saturated rings. The van der Waals surface area contributed by atoms with Crippen LogP contribution in [0.5, 0.6) is 5.75 Å². The van der Waals surface area contributed by atoms with Gasteiger partial charge in [-0.2, -0.15) is 0 Å². The molecule has 2 aromatic rings. The van der Waals surface area contributed by atoms with Crippen molar-refractivity contribution in [1.82, 2.24) is 0 Å². The zero-order chi connectivity index (χ0) is 18.5. The Morgan fingerprint density at radius 2 is 1.88 bits per heavy atom. The lowest BCUT2D eigenvalue weighted by Gasteiger charge is -2.11. The molecule has 0 atom stereocenters. The van der Waals surface area contributed by atoms with Crippen molar-refractivity contribution in [3.63, 3.8) is 0 Å². The van der Waals surface area contributed by atoms with E-state index in [9.17, 15) is 9.59 Å². The van der Waals surface area contributed by atoms with E-state index in [2.05, 4.69) is 5.32 Å². The van der Waals surface area contributed by atoms with E-state index in [1.165, 1.54) is 23.3 Å². The summed E-state index contributed by atoms with van der Waals surface area (Å²) in [4.78, 5) is 26.0. The third kappa shape index (κ3) is 3.90. The maximum atomic E-state index is 12.6. The zero-order valence-corrected chi connectivity index (χ0v) is 15.9. The molecule has 1 N–H and O–H groups in total. The van der Waals surface area contributed by atoms with E-state index in [1.54, 1.807) is 24.3 Å². The normalized spacial score (nSPS) is 13.0. The predicted molar refractivity (Wildman–Crippen MR) is 102 cm³/mol. The molecule has 1 aromatic heterocycles. The number of amides is 1. The number of benzene rings is 1. The Balaban J connectivity index is 1.80. The molecular weight excluding hydrogens is 350 g/mol. The Hall–Kier alpha value is -2.34. The van der Waals surface area contributed by atoms with E-state index in [0.717, 1.165) is 43.4 Å². The highest BCUT2D eigenvalue weighted by Crippen LogP contribution is 2.38. The Bertz CT molecular complexity index is 795. The third-order valence-electron chi connectivity index (χ3n) is 4.38. The Morgan fingerprint density at radius 1 is 1.15 bits per heavy atom. The van der Waals surface area contributed by atoms with Crippen LogP contribution in [0, 0.1) is 0 Å². The largest absolute Gasteiger partial charge is 0.494 e. The molecule has 0 saturated heterocycles. The Labute approximate surface area is 157 Å². The predicted octanol–water partition coefficient (Wildman–Crippen LogP) is 4.45. The first-order valence-corrected chi connectivity index (χ1v) is 9.72. The van der Waals surface area contributed by atoms with Crippen LogP contribution < -0.4 is 10.1 Å². The molecule has 0 saturated carbocycles. The number of thiophene rings is 1. The van der Waals surface area contributed by atoms with E-state index in [1.807, 2.05) is 6.92 Å². The van der Waals surface area contributed by atoms with E-state index in [0.29, 0.717) is 22.7 Å². The number of rotatable bonds is 6. The summed E-state index contributed by atoms with van der Waals surface area (Å²) in [5.74, 6) is 0.115. The van der Waals surface area contributed by atoms with Crippen molar-refractivity contribution in [2.24, 2.45) is 0 Å². The molecule has 1 aliphatic rings. The van der Waals surface area contributed by atoms with Crippen molar-refractivity contribution in [3.8, 4) is 5.75 Å². The number of anilines is 1. The molecule has 0 aliphatic heterocycles. The van der Waals surface area contributed by atoms with Gasteiger partial charge in [0, 0.05) is 10.4 Å². The molecule has 26 heavy (non-hydrogen) atoms. The summed E-state index contributed by atoms with van der Waals surface area (Å²) >= 11 is 1.49. The van der Waals surface area contributed by atoms with Crippen molar-refractivity contribution in [2.75, 3.05) is 19.0 Å². The summed E-state index contributed by atoms with van der Waals surface area (Å²) in [6, 6.07) is 7.02. The van der Waals surface area contributed by atoms with Crippen LogP contribution in [-0.4, -0.2) is 25.6 Å². The van der Waals surface area contributed by atoms with E-state index in [4.69, 9.17) is 9.47 Å². The average molecular weight is 373 g/mol. The lowest BCUT2D eigenvalue weighted by molar-refractivity contribution is 0.0601. The number of carbonyl (C=O) groups excluding carboxylic acids is 2. The molecule has 1 amide bonds. The van der Waals surface area contributed by atoms with Crippen molar-refractivity contribution >= 4 is 28.2 Å². The van der Waals surface area contributed by atoms with Gasteiger partial charge in [-0.1, -0.05) is 6.92 Å². The van der Waals surface area contributed by atoms with Gasteiger partial charge in [-0.3, -0.25) is 4.79 Å². The van der Waals surface area contributed by atoms with Gasteiger partial charge in [0.25, 0.3) is 5.91 Å². The first-order valence-electron chi connectivity index (χ1n) is 8.91. The van der Waals surface area contributed by atoms with Gasteiger partial charge >= 0.3 is 5.97 Å². The fourth-order valence-corrected chi connectivity index (χ4v) is 4.34. The van der Waals surface area contributed by atoms with Gasteiger partial charge in [0.05, 0.1) is 19.3 Å². The van der Waals surface area contributed by atoms with Gasteiger partial charge in [-0.25, -0.2) is 4.79 Å². The Kier molecular flexibility index (Phi) is 5.93. The number of ether oxygens (including phenoxy) is 2. The van der Waals surface area contributed by atoms with Crippen LogP contribution in [0.1, 0.15) is 57.3 Å². The molecule has 1 aliphatic carbocycles. The Morgan fingerprint density at radius 3 is 2.58 bits per heavy atom. The lowest BCUT2D eigenvalue weighted by atomic mass is 9.95. The van der Waals surface area contributed by atoms with E-state index >= 15 is 0 Å². The summed E-state index contributed by atoms with van der Waals surface area (Å²) < 4.78 is 10.5. The monoisotopic (exact) mass is 373 g/mol. The van der Waals surface area contributed by atoms with Gasteiger partial charge < -0.3 is 14.8 Å². The number of hydrogen-bond donors (Lipinski definition) is 1. The maximum absolute atomic E-state index is 12.6. The molecule has 0 bridgehead atoms. The minimum atomic E-state index is -0.386. The molecule has 6 heteroatoms. The topological polar surface area (TPSA) is 64.6 Å². The van der Waals surface area contributed by atoms with Crippen LogP contribution in [-0.2, 0) is 17.6 Å². The second-order valence-electron chi connectivity index (χ2n) is 6.23. The molecule has 138 valence electrons. The smallest absolute Gasteiger partial charge is 0.341 e. The quantitative estimate of drug-likeness (QED) is 0.760. The number of esters is 1. The summed E-state index contributed by atoms with van der Waals surface area (Å²) in [6.45, 7) is 2.69. The fraction of sp³-hybridized carbons (Fsp3) is 0.400. The summed E-state index contributed by atoms with van der Waals surface area (Å²) in [6.07, 6.45) is 4.90. The first kappa shape index (κ1) is 18.5. The van der Waals surface area contributed by atoms with Crippen LogP contribution >= 0.6 is 11.3 Å². The van der Waals surface area contributed by atoms with Gasteiger partial charge in [0.15, 0.2) is 0 Å². The van der Waals surface area contributed by atoms with Crippen LogP contribution in [0.2, 0.25) is 0 Å². The first-order chi connectivity index (χ1) is 12.6. The fourth-order valence-electron chi connectivity index (χ4n) is 3.07. The van der Waals surface area contributed by atoms with Crippen LogP contribution in [0.4, 0.5) is 5.00 Å². The molecule has 1 heterocycles. The molecule has 0 spiro atoms. The summed E-state index contributed by atoms with van der Waals surface area (Å²) in [5, 5.41) is 3.48. The number of carbonyl (C=O) groups is 2. The molecule has 3 rings (SSSR count). The highest BCUT2D eigenvalue weighted by Gasteiger charge is 2.27. The summed E-state index contributed by atoms with van der Waals surface area (Å²) in [7, 11) is 1.37. The molecular formula is C20H23NO4S. The number of aryl methyl sites for hydroxylation is 1. The average Bonchev–Trinajstić information content (AvgIpc) is 3.03. The van der Waals surface area contributed by atoms with Crippen molar-refractivity contribution < 1.29 is 19.1 Å². The van der Waals surface area contributed by atoms with Crippen LogP contribution in [0.25, 0.3) is 0 Å². The molecule has 5 nitrogen and oxygen atoms in total. The van der Waals surface area contributed by atoms with Crippen LogP contribution in [0.15, 0.2) is 24.3 Å². The van der Waals surface area contributed by atoms with Gasteiger partial charge in [0.1, 0.15) is 10.8 Å². The zero-order valence-electron chi connectivity index (χ0n) is 15.1. The minimum Gasteiger partial charge on any atom is -0.494 e. The SMILES string of the molecule is CCCOc1ccc(C(=O)Nc2sc3c(c2C(=O)OC)CCCC3)cc1. The summed E-state index contributed by atoms with van der Waals surface area (Å²) in [5.41, 5.74) is 2.08. The van der Waals surface area contributed by atoms with Crippen molar-refractivity contribution in [1.29, 1.82) is 0 Å². The van der Waals surface area contributed by atoms with Crippen molar-refractivity contribution in [2.45, 2.75) is 39.0 Å². The van der Waals surface area contributed by atoms with Gasteiger partial charge in [-0.15, -0.1) is 11.3 Å².